The van der Waals surface area contributed by atoms with Crippen LogP contribution in [-0.2, 0) is 105 Å². The monoisotopic (exact) mass is 1270 g/mol. The Morgan fingerprint density at radius 2 is 1.42 bits per heavy atom. The van der Waals surface area contributed by atoms with Crippen LogP contribution in [0, 0.1) is 5.41 Å². The molecule has 490 valence electrons. The smallest absolute Gasteiger partial charge is 0.343 e. The predicted molar refractivity (Wildman–Crippen MR) is 329 cm³/mol. The van der Waals surface area contributed by atoms with Gasteiger partial charge in [0.1, 0.15) is 44.6 Å². The lowest BCUT2D eigenvalue weighted by molar-refractivity contribution is -0.172. The van der Waals surface area contributed by atoms with E-state index in [0.29, 0.717) is 44.7 Å². The summed E-state index contributed by atoms with van der Waals surface area (Å²) in [5, 5.41) is 52.1. The van der Waals surface area contributed by atoms with Crippen LogP contribution in [0.4, 0.5) is 0 Å². The molecule has 0 spiro atoms. The topological polar surface area (TPSA) is 426 Å². The number of ether oxygens (including phenoxy) is 4. The second kappa shape index (κ2) is 33.4. The summed E-state index contributed by atoms with van der Waals surface area (Å²) in [5.41, 5.74) is 10.9. The van der Waals surface area contributed by atoms with E-state index in [0.717, 1.165) is 5.39 Å². The molecule has 4 unspecified atom stereocenters. The predicted octanol–water partition coefficient (Wildman–Crippen LogP) is -1.09. The van der Waals surface area contributed by atoms with E-state index in [9.17, 15) is 53.4 Å². The lowest BCUT2D eigenvalue weighted by atomic mass is 9.86. The SMILES string of the molecule is CC[C@@]1(O)C(=O)OCc2c1cc1n(c2=O)Cc2c-1nc1ccccc1c2/C=N\OCCNC(=O)COCCOCCOCC(=O)NCc1ccc(CC2NC(=O)C(CCCNC(=N)N)NC(=O)CNOCC(CC(=O)O)NC(=O)C(Cc3ccccc3)NC2=O)cc1. The Bertz CT molecular complexity index is 3570. The number of carbonyl (C=O) groups excluding carboxylic acids is 7. The number of rotatable bonds is 28. The van der Waals surface area contributed by atoms with Crippen molar-refractivity contribution in [3.05, 3.63) is 134 Å². The summed E-state index contributed by atoms with van der Waals surface area (Å²) in [5.74, 6) is -5.99. The highest BCUT2D eigenvalue weighted by Gasteiger charge is 2.45. The third-order valence-corrected chi connectivity index (χ3v) is 15.1. The van der Waals surface area contributed by atoms with Gasteiger partial charge in [0.2, 0.25) is 35.4 Å². The number of fused-ring (bicyclic) bond motifs is 5. The second-order valence-electron chi connectivity index (χ2n) is 21.8. The van der Waals surface area contributed by atoms with Gasteiger partial charge >= 0.3 is 11.9 Å². The van der Waals surface area contributed by atoms with Crippen molar-refractivity contribution < 1.29 is 77.2 Å². The number of aliphatic carboxylic acids is 1. The summed E-state index contributed by atoms with van der Waals surface area (Å²) < 4.78 is 23.1. The van der Waals surface area contributed by atoms with Gasteiger partial charge in [0.05, 0.1) is 93.8 Å². The van der Waals surface area contributed by atoms with E-state index in [-0.39, 0.29) is 140 Å². The number of carbonyl (C=O) groups is 8. The van der Waals surface area contributed by atoms with Crippen molar-refractivity contribution in [1.82, 2.24) is 52.2 Å². The lowest BCUT2D eigenvalue weighted by Crippen LogP contribution is -2.59. The summed E-state index contributed by atoms with van der Waals surface area (Å²) in [4.78, 5) is 134. The zero-order chi connectivity index (χ0) is 65.6. The zero-order valence-electron chi connectivity index (χ0n) is 50.5. The number of carboxylic acid groups (broad SMARTS) is 1. The summed E-state index contributed by atoms with van der Waals surface area (Å²) in [6.45, 7) is 1.19. The van der Waals surface area contributed by atoms with Gasteiger partial charge in [-0.15, -0.1) is 0 Å². The molecule has 92 heavy (non-hydrogen) atoms. The molecule has 5 heterocycles. The van der Waals surface area contributed by atoms with Gasteiger partial charge in [-0.2, -0.15) is 5.48 Å². The molecule has 3 aliphatic rings. The number of hydrogen-bond acceptors (Lipinski definition) is 20. The fourth-order valence-corrected chi connectivity index (χ4v) is 10.4. The van der Waals surface area contributed by atoms with Crippen LogP contribution in [0.25, 0.3) is 22.3 Å². The Morgan fingerprint density at radius 1 is 0.783 bits per heavy atom. The standard InChI is InChI=1S/C62H75N13O17/c1-2-62(86)45-28-50-55-43(32-75(50)59(84)44(45)34-90-60(62)85)42(41-11-6-7-12-46(41)72-55)30-68-91-20-19-65-52(77)35-88-23-21-87-22-24-89-36-53(78)67-29-39-16-14-38(15-17-39)26-49-58(83)74-48(25-37-9-4-3-5-10-37)57(82)70-40(27-54(79)80)33-92-69-31-51(76)71-47(56(81)73-49)13-8-18-66-61(63)64/h3-7,9-12,14-17,28,30,40,47-49,69,86H,2,8,13,18-27,29,31-36H2,1H3,(H,65,77)(H,67,78)(H,70,82)(H,71,76)(H,73,81)(H,74,83)(H,79,80)(H4,63,64,66)/b68-30-/t40?,47?,48?,49?,62-/m0/s1. The average molecular weight is 1270 g/mol. The number of aliphatic hydroxyl groups is 1. The van der Waals surface area contributed by atoms with Crippen LogP contribution in [0.15, 0.2) is 94.9 Å². The molecule has 6 amide bonds. The van der Waals surface area contributed by atoms with Crippen LogP contribution in [0.2, 0.25) is 0 Å². The number of para-hydroxylation sites is 1. The molecule has 1 saturated heterocycles. The van der Waals surface area contributed by atoms with E-state index in [1.807, 2.05) is 24.3 Å². The number of hydrogen-bond donors (Lipinski definition) is 12. The van der Waals surface area contributed by atoms with Crippen molar-refractivity contribution in [2.75, 3.05) is 72.5 Å². The van der Waals surface area contributed by atoms with Crippen LogP contribution >= 0.6 is 0 Å². The molecule has 3 aromatic carbocycles. The quantitative estimate of drug-likeness (QED) is 0.00913. The Morgan fingerprint density at radius 3 is 2.12 bits per heavy atom. The number of pyridine rings is 2. The number of aromatic nitrogens is 2. The van der Waals surface area contributed by atoms with E-state index in [4.69, 9.17) is 44.7 Å². The molecule has 5 aromatic rings. The van der Waals surface area contributed by atoms with E-state index >= 15 is 0 Å². The third kappa shape index (κ3) is 18.9. The summed E-state index contributed by atoms with van der Waals surface area (Å²) >= 11 is 0. The molecule has 3 aliphatic heterocycles. The van der Waals surface area contributed by atoms with E-state index in [1.165, 1.54) is 6.21 Å². The molecule has 8 rings (SSSR count). The number of carboxylic acids is 1. The maximum Gasteiger partial charge on any atom is 0.343 e. The third-order valence-electron chi connectivity index (χ3n) is 15.1. The van der Waals surface area contributed by atoms with E-state index in [2.05, 4.69) is 47.9 Å². The molecule has 30 nitrogen and oxygen atoms in total. The molecule has 0 saturated carbocycles. The first-order valence-corrected chi connectivity index (χ1v) is 29.9. The lowest BCUT2D eigenvalue weighted by Gasteiger charge is -2.31. The average Bonchev–Trinajstić information content (AvgIpc) is 1.51. The fraction of sp³-hybridized carbons (Fsp3) is 0.419. The van der Waals surface area contributed by atoms with Crippen LogP contribution in [0.5, 0.6) is 0 Å². The van der Waals surface area contributed by atoms with Gasteiger partial charge < -0.3 is 81.5 Å². The van der Waals surface area contributed by atoms with Crippen LogP contribution in [0.1, 0.15) is 71.6 Å². The van der Waals surface area contributed by atoms with Gasteiger partial charge in [-0.05, 0) is 48.1 Å². The van der Waals surface area contributed by atoms with Gasteiger partial charge in [0.25, 0.3) is 5.56 Å². The number of cyclic esters (lactones) is 1. The highest BCUT2D eigenvalue weighted by molar-refractivity contribution is 6.02. The molecular formula is C62H75N13O17. The largest absolute Gasteiger partial charge is 0.481 e. The molecule has 0 radical (unpaired) electrons. The molecule has 0 bridgehead atoms. The van der Waals surface area contributed by atoms with Crippen molar-refractivity contribution in [3.63, 3.8) is 0 Å². The van der Waals surface area contributed by atoms with Gasteiger partial charge in [-0.1, -0.05) is 84.9 Å². The van der Waals surface area contributed by atoms with E-state index < -0.39 is 90.1 Å². The molecule has 1 fully saturated rings. The minimum absolute atomic E-state index is 0.000476. The number of guanidine groups is 1. The Hall–Kier alpha value is -9.72. The second-order valence-corrected chi connectivity index (χ2v) is 21.8. The number of nitrogens with zero attached hydrogens (tertiary/aromatic N) is 3. The number of nitrogens with one attached hydrogen (secondary N) is 9. The normalized spacial score (nSPS) is 19.3. The number of esters is 1. The first kappa shape index (κ1) is 68.2. The number of benzene rings is 3. The minimum Gasteiger partial charge on any atom is -0.481 e. The first-order valence-electron chi connectivity index (χ1n) is 29.9. The maximum absolute atomic E-state index is 14.3. The fourth-order valence-electron chi connectivity index (χ4n) is 10.4. The molecule has 0 aliphatic carbocycles. The van der Waals surface area contributed by atoms with Gasteiger partial charge in [0, 0.05) is 48.0 Å². The number of amides is 6. The Balaban J connectivity index is 0.745. The number of oxime groups is 1. The molecule has 13 N–H and O–H groups in total. The summed E-state index contributed by atoms with van der Waals surface area (Å²) in [7, 11) is 0. The number of hydroxylamine groups is 1. The van der Waals surface area contributed by atoms with Crippen molar-refractivity contribution in [2.24, 2.45) is 10.9 Å². The molecule has 2 aromatic heterocycles. The van der Waals surface area contributed by atoms with Crippen molar-refractivity contribution in [2.45, 2.75) is 94.9 Å². The molecular weight excluding hydrogens is 1200 g/mol. The Labute approximate surface area is 527 Å². The number of nitrogens with two attached hydrogens (primary N) is 1. The van der Waals surface area contributed by atoms with Gasteiger partial charge in [0.15, 0.2) is 11.6 Å². The maximum atomic E-state index is 14.3. The molecule has 5 atom stereocenters. The van der Waals surface area contributed by atoms with Gasteiger partial charge in [-0.3, -0.25) is 48.6 Å². The van der Waals surface area contributed by atoms with Crippen LogP contribution in [0.3, 0.4) is 0 Å². The zero-order valence-corrected chi connectivity index (χ0v) is 50.5. The highest BCUT2D eigenvalue weighted by Crippen LogP contribution is 2.40. The summed E-state index contributed by atoms with van der Waals surface area (Å²) in [6, 6.07) is 19.9. The van der Waals surface area contributed by atoms with Crippen LogP contribution < -0.4 is 54.0 Å². The minimum atomic E-state index is -1.96. The van der Waals surface area contributed by atoms with Gasteiger partial charge in [-0.25, -0.2) is 9.78 Å². The highest BCUT2D eigenvalue weighted by atomic mass is 16.6. The van der Waals surface area contributed by atoms with Crippen molar-refractivity contribution in [3.8, 4) is 11.4 Å². The van der Waals surface area contributed by atoms with Crippen molar-refractivity contribution in [1.29, 1.82) is 5.41 Å². The molecule has 30 heteroatoms. The van der Waals surface area contributed by atoms with Crippen molar-refractivity contribution >= 4 is 70.5 Å². The van der Waals surface area contributed by atoms with Crippen LogP contribution in [-0.4, -0.2) is 176 Å². The summed E-state index contributed by atoms with van der Waals surface area (Å²) in [6.07, 6.45) is 1.26. The first-order chi connectivity index (χ1) is 44.4. The van der Waals surface area contributed by atoms with E-state index in [1.54, 1.807) is 72.2 Å². The Kier molecular flexibility index (Phi) is 24.7.